The van der Waals surface area contributed by atoms with Gasteiger partial charge in [0.2, 0.25) is 0 Å². The van der Waals surface area contributed by atoms with E-state index in [0.717, 1.165) is 0 Å². The fraction of sp³-hybridized carbons (Fsp3) is 0. The standard InChI is InChI=1S/ClNO4.2Na.2H/c3-1(4)6-2-5;;;;. The van der Waals surface area contributed by atoms with Crippen molar-refractivity contribution in [3.05, 3.63) is 4.91 Å². The van der Waals surface area contributed by atoms with Crippen LogP contribution in [0.15, 0.2) is 5.34 Å². The van der Waals surface area contributed by atoms with Crippen LogP contribution in [0.2, 0.25) is 0 Å². The van der Waals surface area contributed by atoms with Gasteiger partial charge in [0.1, 0.15) is 0 Å². The van der Waals surface area contributed by atoms with Crippen LogP contribution in [-0.2, 0) is 4.39 Å². The van der Waals surface area contributed by atoms with E-state index in [-0.39, 0.29) is 59.1 Å². The van der Waals surface area contributed by atoms with Gasteiger partial charge in [0.25, 0.3) is 5.34 Å². The third-order valence-corrected chi connectivity index (χ3v) is 0.254. The van der Waals surface area contributed by atoms with Crippen molar-refractivity contribution >= 4 is 59.1 Å². The number of nitrogens with zero attached hydrogens (tertiary/aromatic N) is 1. The average molecular weight is 161 g/mol. The topological polar surface area (TPSA) is 84.8 Å². The molecule has 0 amide bonds. The maximum absolute atomic E-state index is 9.05. The first-order valence-electron chi connectivity index (χ1n) is 0.828. The minimum absolute atomic E-state index is 0. The summed E-state index contributed by atoms with van der Waals surface area (Å²) in [4.78, 5) is 8.74. The van der Waals surface area contributed by atoms with E-state index in [1.54, 1.807) is 5.34 Å². The van der Waals surface area contributed by atoms with Crippen molar-refractivity contribution in [1.29, 1.82) is 0 Å². The molecule has 0 N–H and O–H groups in total. The molecule has 40 valence electrons. The van der Waals surface area contributed by atoms with E-state index in [1.165, 1.54) is 0 Å². The number of halogens is 1. The first-order chi connectivity index (χ1) is 2.77. The molecule has 0 aliphatic carbocycles. The first kappa shape index (κ1) is 16.3. The molecule has 0 aliphatic heterocycles. The molecule has 0 rings (SSSR count). The van der Waals surface area contributed by atoms with Crippen LogP contribution < -0.4 is 9.32 Å². The molecule has 0 unspecified atom stereocenters. The second-order valence-corrected chi connectivity index (χ2v) is 0.849. The Hall–Kier alpha value is 1.61. The van der Waals surface area contributed by atoms with Crippen molar-refractivity contribution in [3.8, 4) is 0 Å². The molecule has 0 aromatic heterocycles. The van der Waals surface area contributed by atoms with Gasteiger partial charge in [0, 0.05) is 0 Å². The second-order valence-electron chi connectivity index (χ2n) is 0.333. The van der Waals surface area contributed by atoms with Gasteiger partial charge in [-0.15, -0.1) is 0 Å². The molecule has 0 atom stereocenters. The van der Waals surface area contributed by atoms with Crippen LogP contribution in [0.1, 0.15) is 0 Å². The Morgan fingerprint density at radius 1 is 1.38 bits per heavy atom. The number of hydrogen-bond donors (Lipinski definition) is 0. The Bertz CT molecular complexity index is 49.3. The Balaban J connectivity index is -0.000000125. The summed E-state index contributed by atoms with van der Waals surface area (Å²) in [5, 5.41) is 1.56. The van der Waals surface area contributed by atoms with Gasteiger partial charge in [0.15, 0.2) is 0 Å². The predicted molar refractivity (Wildman–Crippen MR) is 21.2 cm³/mol. The van der Waals surface area contributed by atoms with Gasteiger partial charge in [-0.05, 0) is 0 Å². The molecule has 0 aromatic rings. The predicted octanol–water partition coefficient (Wildman–Crippen LogP) is -3.53. The fourth-order valence-electron chi connectivity index (χ4n) is 0.0230. The van der Waals surface area contributed by atoms with E-state index < -0.39 is 10.8 Å². The van der Waals surface area contributed by atoms with Crippen LogP contribution in [0.4, 0.5) is 0 Å². The molecule has 0 saturated heterocycles. The Labute approximate surface area is 92.7 Å². The normalized spacial score (nSPS) is 6.38. The number of rotatable bonds is 2. The van der Waals surface area contributed by atoms with Gasteiger partial charge in [-0.25, -0.2) is 0 Å². The summed E-state index contributed by atoms with van der Waals surface area (Å²) in [6.45, 7) is 0. The Kier molecular flexibility index (Phi) is 23.3. The summed E-state index contributed by atoms with van der Waals surface area (Å²) in [5.41, 5.74) is 0. The van der Waals surface area contributed by atoms with Crippen molar-refractivity contribution < 1.29 is 24.5 Å². The zero-order valence-electron chi connectivity index (χ0n) is 2.46. The van der Waals surface area contributed by atoms with Crippen LogP contribution in [-0.4, -0.2) is 59.1 Å². The zero-order valence-corrected chi connectivity index (χ0v) is 3.21. The Morgan fingerprint density at radius 3 is 1.75 bits per heavy atom. The van der Waals surface area contributed by atoms with Gasteiger partial charge in [0.05, 0.1) is 4.39 Å². The minimum atomic E-state index is -2.51. The summed E-state index contributed by atoms with van der Waals surface area (Å²) in [5.74, 6) is 0. The second kappa shape index (κ2) is 11.4. The molecular formula is H2ClNNa2O4. The van der Waals surface area contributed by atoms with Gasteiger partial charge >= 0.3 is 69.9 Å². The molecule has 0 spiro atoms. The van der Waals surface area contributed by atoms with Crippen molar-refractivity contribution in [3.63, 3.8) is 0 Å². The number of hydrogen-bond acceptors (Lipinski definition) is 5. The Morgan fingerprint density at radius 2 is 1.75 bits per heavy atom. The van der Waals surface area contributed by atoms with E-state index >= 15 is 0 Å². The van der Waals surface area contributed by atoms with Crippen LogP contribution in [0.3, 0.4) is 0 Å². The molecule has 0 bridgehead atoms. The summed E-state index contributed by atoms with van der Waals surface area (Å²) >= 11 is 0. The summed E-state index contributed by atoms with van der Waals surface area (Å²) in [6, 6.07) is 0. The summed E-state index contributed by atoms with van der Waals surface area (Å²) < 4.78 is 21.1. The van der Waals surface area contributed by atoms with E-state index in [9.17, 15) is 0 Å². The fourth-order valence-corrected chi connectivity index (χ4v) is 0.0690. The van der Waals surface area contributed by atoms with Crippen LogP contribution in [0.25, 0.3) is 0 Å². The van der Waals surface area contributed by atoms with Crippen molar-refractivity contribution in [2.45, 2.75) is 0 Å². The molecule has 0 aromatic carbocycles. The SMILES string of the molecule is O=NO[Cl+2]([O-])[O-].[NaH].[NaH]. The molecule has 0 saturated carbocycles. The van der Waals surface area contributed by atoms with E-state index in [0.29, 0.717) is 0 Å². The average Bonchev–Trinajstić information content (AvgIpc) is 1.35. The van der Waals surface area contributed by atoms with Gasteiger partial charge in [-0.1, -0.05) is 4.91 Å². The third-order valence-electron chi connectivity index (χ3n) is 0.0845. The van der Waals surface area contributed by atoms with Crippen LogP contribution >= 0.6 is 0 Å². The molecule has 0 heterocycles. The van der Waals surface area contributed by atoms with Crippen LogP contribution in [0.5, 0.6) is 0 Å². The van der Waals surface area contributed by atoms with Crippen molar-refractivity contribution in [1.82, 2.24) is 0 Å². The molecule has 0 radical (unpaired) electrons. The molecule has 5 nitrogen and oxygen atoms in total. The zero-order chi connectivity index (χ0) is 4.99. The molecule has 8 heavy (non-hydrogen) atoms. The molecule has 0 aliphatic rings. The molecule has 0 fully saturated rings. The van der Waals surface area contributed by atoms with Crippen molar-refractivity contribution in [2.75, 3.05) is 0 Å². The molecular weight excluding hydrogens is 159 g/mol. The van der Waals surface area contributed by atoms with Gasteiger partial charge in [-0.3, -0.25) is 0 Å². The summed E-state index contributed by atoms with van der Waals surface area (Å²) in [7, 11) is -2.51. The van der Waals surface area contributed by atoms with E-state index in [2.05, 4.69) is 4.39 Å². The monoisotopic (exact) mass is 161 g/mol. The van der Waals surface area contributed by atoms with Gasteiger partial charge in [-0.2, -0.15) is 0 Å². The van der Waals surface area contributed by atoms with E-state index in [1.807, 2.05) is 0 Å². The maximum atomic E-state index is 9.05. The molecule has 8 heteroatoms. The summed E-state index contributed by atoms with van der Waals surface area (Å²) in [6.07, 6.45) is 0. The first-order valence-corrected chi connectivity index (χ1v) is 1.75. The quantitative estimate of drug-likeness (QED) is 0.239. The van der Waals surface area contributed by atoms with Gasteiger partial charge < -0.3 is 9.32 Å². The van der Waals surface area contributed by atoms with Crippen LogP contribution in [0, 0.1) is 15.7 Å². The van der Waals surface area contributed by atoms with Crippen molar-refractivity contribution in [2.24, 2.45) is 5.34 Å². The van der Waals surface area contributed by atoms with E-state index in [4.69, 9.17) is 14.2 Å². The third kappa shape index (κ3) is 15.6.